The number of ether oxygens (including phenoxy) is 2. The summed E-state index contributed by atoms with van der Waals surface area (Å²) >= 11 is 0. The zero-order chi connectivity index (χ0) is 21.0. The molecule has 0 aromatic rings. The van der Waals surface area contributed by atoms with Gasteiger partial charge in [0.2, 0.25) is 0 Å². The monoisotopic (exact) mass is 404 g/mol. The predicted molar refractivity (Wildman–Crippen MR) is 111 cm³/mol. The summed E-state index contributed by atoms with van der Waals surface area (Å²) in [4.78, 5) is 24.3. The number of cyclic esters (lactones) is 1. The maximum Gasteiger partial charge on any atom is 0.308 e. The van der Waals surface area contributed by atoms with Gasteiger partial charge in [0.25, 0.3) is 0 Å². The van der Waals surface area contributed by atoms with Crippen LogP contribution in [0.2, 0.25) is 0 Å². The second-order valence-corrected chi connectivity index (χ2v) is 9.14. The highest BCUT2D eigenvalue weighted by Gasteiger charge is 2.41. The SMILES string of the molecule is CCCC(C)C(=O)O[C@H]1CCC=C2C=C[C@H](C)[C@H](CC[C@@H]3C[C@@H](O)CC(=O)O3)[C@H]21. The first-order chi connectivity index (χ1) is 13.9. The van der Waals surface area contributed by atoms with Gasteiger partial charge in [-0.15, -0.1) is 0 Å². The van der Waals surface area contributed by atoms with Crippen molar-refractivity contribution in [1.82, 2.24) is 0 Å². The average molecular weight is 405 g/mol. The van der Waals surface area contributed by atoms with Crippen molar-refractivity contribution in [3.63, 3.8) is 0 Å². The largest absolute Gasteiger partial charge is 0.462 e. The number of carbonyl (C=O) groups excluding carboxylic acids is 2. The number of hydrogen-bond acceptors (Lipinski definition) is 5. The molecule has 3 aliphatic rings. The third kappa shape index (κ3) is 5.50. The van der Waals surface area contributed by atoms with Crippen molar-refractivity contribution in [2.24, 2.45) is 23.7 Å². The molecule has 1 saturated heterocycles. The van der Waals surface area contributed by atoms with E-state index in [9.17, 15) is 14.7 Å². The van der Waals surface area contributed by atoms with Crippen LogP contribution < -0.4 is 0 Å². The summed E-state index contributed by atoms with van der Waals surface area (Å²) in [6.07, 6.45) is 11.7. The predicted octanol–water partition coefficient (Wildman–Crippen LogP) is 4.34. The number of carbonyl (C=O) groups is 2. The first kappa shape index (κ1) is 22.1. The van der Waals surface area contributed by atoms with Crippen molar-refractivity contribution in [1.29, 1.82) is 0 Å². The Labute approximate surface area is 174 Å². The van der Waals surface area contributed by atoms with E-state index in [1.807, 2.05) is 6.92 Å². The van der Waals surface area contributed by atoms with Gasteiger partial charge in [-0.25, -0.2) is 0 Å². The summed E-state index contributed by atoms with van der Waals surface area (Å²) in [5.41, 5.74) is 1.28. The van der Waals surface area contributed by atoms with Crippen LogP contribution in [-0.2, 0) is 19.1 Å². The number of fused-ring (bicyclic) bond motifs is 1. The molecular weight excluding hydrogens is 368 g/mol. The molecule has 1 fully saturated rings. The van der Waals surface area contributed by atoms with Gasteiger partial charge in [0.05, 0.1) is 18.4 Å². The molecule has 5 nitrogen and oxygen atoms in total. The normalized spacial score (nSPS) is 35.3. The van der Waals surface area contributed by atoms with E-state index in [0.29, 0.717) is 18.3 Å². The van der Waals surface area contributed by atoms with Crippen molar-refractivity contribution in [2.75, 3.05) is 0 Å². The third-order valence-corrected chi connectivity index (χ3v) is 6.79. The molecule has 0 saturated carbocycles. The van der Waals surface area contributed by atoms with Gasteiger partial charge < -0.3 is 14.6 Å². The summed E-state index contributed by atoms with van der Waals surface area (Å²) in [6.45, 7) is 6.26. The highest BCUT2D eigenvalue weighted by molar-refractivity contribution is 5.72. The Bertz CT molecular complexity index is 652. The van der Waals surface area contributed by atoms with Gasteiger partial charge in [0, 0.05) is 12.3 Å². The first-order valence-electron chi connectivity index (χ1n) is 11.3. The van der Waals surface area contributed by atoms with E-state index in [4.69, 9.17) is 9.47 Å². The molecule has 1 N–H and O–H groups in total. The minimum absolute atomic E-state index is 0.0625. The molecule has 0 aromatic heterocycles. The molecule has 0 aromatic carbocycles. The zero-order valence-corrected chi connectivity index (χ0v) is 18.0. The van der Waals surface area contributed by atoms with Gasteiger partial charge in [-0.1, -0.05) is 45.4 Å². The fraction of sp³-hybridized carbons (Fsp3) is 0.750. The maximum absolute atomic E-state index is 12.6. The molecule has 0 amide bonds. The first-order valence-corrected chi connectivity index (χ1v) is 11.3. The lowest BCUT2D eigenvalue weighted by atomic mass is 9.66. The lowest BCUT2D eigenvalue weighted by Crippen LogP contribution is -2.41. The molecule has 162 valence electrons. The van der Waals surface area contributed by atoms with E-state index in [0.717, 1.165) is 38.5 Å². The van der Waals surface area contributed by atoms with Crippen LogP contribution in [0.3, 0.4) is 0 Å². The summed E-state index contributed by atoms with van der Waals surface area (Å²) in [5.74, 6) is 0.458. The summed E-state index contributed by atoms with van der Waals surface area (Å²) in [7, 11) is 0. The van der Waals surface area contributed by atoms with Crippen LogP contribution in [0.1, 0.15) is 72.1 Å². The number of aliphatic hydroxyl groups excluding tert-OH is 1. The summed E-state index contributed by atoms with van der Waals surface area (Å²) in [5, 5.41) is 9.88. The van der Waals surface area contributed by atoms with Crippen molar-refractivity contribution < 1.29 is 24.2 Å². The van der Waals surface area contributed by atoms with E-state index in [1.165, 1.54) is 5.57 Å². The zero-order valence-electron chi connectivity index (χ0n) is 18.0. The van der Waals surface area contributed by atoms with E-state index in [2.05, 4.69) is 32.1 Å². The fourth-order valence-corrected chi connectivity index (χ4v) is 5.19. The highest BCUT2D eigenvalue weighted by Crippen LogP contribution is 2.44. The fourth-order valence-electron chi connectivity index (χ4n) is 5.19. The van der Waals surface area contributed by atoms with Gasteiger partial charge in [-0.2, -0.15) is 0 Å². The standard InChI is InChI=1S/C24H36O5/c1-4-6-16(3)24(27)29-21-8-5-7-17-10-9-15(2)20(23(17)21)12-11-19-13-18(25)14-22(26)28-19/h7,9-10,15-16,18-21,23,25H,4-6,8,11-14H2,1-3H3/t15-,16?,18+,19+,20-,21-,23-/m0/s1. The van der Waals surface area contributed by atoms with Gasteiger partial charge in [0.15, 0.2) is 0 Å². The highest BCUT2D eigenvalue weighted by atomic mass is 16.5. The van der Waals surface area contributed by atoms with Crippen molar-refractivity contribution >= 4 is 11.9 Å². The third-order valence-electron chi connectivity index (χ3n) is 6.79. The van der Waals surface area contributed by atoms with Gasteiger partial charge in [0.1, 0.15) is 12.2 Å². The van der Waals surface area contributed by atoms with Crippen molar-refractivity contribution in [3.05, 3.63) is 23.8 Å². The molecular formula is C24H36O5. The van der Waals surface area contributed by atoms with Crippen LogP contribution in [0.15, 0.2) is 23.8 Å². The summed E-state index contributed by atoms with van der Waals surface area (Å²) in [6, 6.07) is 0. The molecule has 0 radical (unpaired) electrons. The summed E-state index contributed by atoms with van der Waals surface area (Å²) < 4.78 is 11.5. The van der Waals surface area contributed by atoms with Gasteiger partial charge >= 0.3 is 11.9 Å². The average Bonchev–Trinajstić information content (AvgIpc) is 2.67. The Hall–Kier alpha value is -1.62. The van der Waals surface area contributed by atoms with Crippen LogP contribution in [0.4, 0.5) is 0 Å². The smallest absolute Gasteiger partial charge is 0.308 e. The van der Waals surface area contributed by atoms with Crippen LogP contribution in [0, 0.1) is 23.7 Å². The Morgan fingerprint density at radius 2 is 2.17 bits per heavy atom. The number of rotatable bonds is 7. The van der Waals surface area contributed by atoms with Crippen LogP contribution in [0.25, 0.3) is 0 Å². The van der Waals surface area contributed by atoms with Crippen molar-refractivity contribution in [2.45, 2.75) is 90.4 Å². The molecule has 29 heavy (non-hydrogen) atoms. The van der Waals surface area contributed by atoms with Crippen LogP contribution in [0.5, 0.6) is 0 Å². The Balaban J connectivity index is 1.69. The second-order valence-electron chi connectivity index (χ2n) is 9.14. The number of hydrogen-bond donors (Lipinski definition) is 1. The van der Waals surface area contributed by atoms with Gasteiger partial charge in [-0.3, -0.25) is 9.59 Å². The molecule has 1 unspecified atom stereocenters. The maximum atomic E-state index is 12.6. The van der Waals surface area contributed by atoms with Crippen LogP contribution in [-0.4, -0.2) is 35.4 Å². The van der Waals surface area contributed by atoms with Gasteiger partial charge in [-0.05, 0) is 49.5 Å². The molecule has 0 spiro atoms. The number of aliphatic hydroxyl groups is 1. The van der Waals surface area contributed by atoms with Crippen molar-refractivity contribution in [3.8, 4) is 0 Å². The van der Waals surface area contributed by atoms with E-state index >= 15 is 0 Å². The Morgan fingerprint density at radius 1 is 1.38 bits per heavy atom. The Kier molecular flexibility index (Phi) is 7.55. The lowest BCUT2D eigenvalue weighted by molar-refractivity contribution is -0.162. The van der Waals surface area contributed by atoms with Crippen LogP contribution >= 0.6 is 0 Å². The lowest BCUT2D eigenvalue weighted by Gasteiger charge is -2.42. The number of esters is 2. The van der Waals surface area contributed by atoms with E-state index in [1.54, 1.807) is 0 Å². The Morgan fingerprint density at radius 3 is 2.90 bits per heavy atom. The minimum atomic E-state index is -0.594. The molecule has 5 heteroatoms. The number of allylic oxidation sites excluding steroid dienone is 3. The quantitative estimate of drug-likeness (QED) is 0.639. The topological polar surface area (TPSA) is 72.8 Å². The minimum Gasteiger partial charge on any atom is -0.462 e. The van der Waals surface area contributed by atoms with E-state index in [-0.39, 0.29) is 42.4 Å². The molecule has 2 aliphatic carbocycles. The molecule has 1 aliphatic heterocycles. The molecule has 1 heterocycles. The molecule has 7 atom stereocenters. The molecule has 3 rings (SSSR count). The molecule has 0 bridgehead atoms. The second kappa shape index (κ2) is 9.92. The van der Waals surface area contributed by atoms with E-state index < -0.39 is 6.10 Å².